The van der Waals surface area contributed by atoms with Crippen LogP contribution in [0.2, 0.25) is 0 Å². The van der Waals surface area contributed by atoms with Gasteiger partial charge in [-0.05, 0) is 81.3 Å². The number of amides is 2. The Bertz CT molecular complexity index is 1380. The highest BCUT2D eigenvalue weighted by molar-refractivity contribution is 9.10. The van der Waals surface area contributed by atoms with E-state index in [-0.39, 0.29) is 23.4 Å². The molecule has 0 saturated carbocycles. The van der Waals surface area contributed by atoms with Crippen LogP contribution in [0.25, 0.3) is 0 Å². The number of benzene rings is 3. The molecule has 10 heteroatoms. The summed E-state index contributed by atoms with van der Waals surface area (Å²) in [6.07, 6.45) is 0.300. The van der Waals surface area contributed by atoms with Crippen LogP contribution < -0.4 is 9.62 Å². The Morgan fingerprint density at radius 3 is 2.08 bits per heavy atom. The lowest BCUT2D eigenvalue weighted by Crippen LogP contribution is -2.53. The van der Waals surface area contributed by atoms with Crippen LogP contribution in [0.4, 0.5) is 10.1 Å². The zero-order valence-corrected chi connectivity index (χ0v) is 24.8. The van der Waals surface area contributed by atoms with Gasteiger partial charge in [0.25, 0.3) is 10.0 Å². The Morgan fingerprint density at radius 2 is 1.54 bits per heavy atom. The van der Waals surface area contributed by atoms with E-state index < -0.39 is 34.3 Å². The molecule has 0 aromatic heterocycles. The largest absolute Gasteiger partial charge is 0.352 e. The van der Waals surface area contributed by atoms with Crippen molar-refractivity contribution in [2.24, 2.45) is 0 Å². The quantitative estimate of drug-likeness (QED) is 0.311. The summed E-state index contributed by atoms with van der Waals surface area (Å²) in [7, 11) is -4.14. The molecule has 0 saturated heterocycles. The molecule has 7 nitrogen and oxygen atoms in total. The van der Waals surface area contributed by atoms with Gasteiger partial charge in [-0.3, -0.25) is 13.9 Å². The van der Waals surface area contributed by atoms with Crippen molar-refractivity contribution >= 4 is 43.5 Å². The van der Waals surface area contributed by atoms with Gasteiger partial charge in [0.1, 0.15) is 18.4 Å². The van der Waals surface area contributed by atoms with Gasteiger partial charge >= 0.3 is 0 Å². The van der Waals surface area contributed by atoms with Crippen LogP contribution in [0, 0.1) is 12.7 Å². The van der Waals surface area contributed by atoms with Gasteiger partial charge in [0.2, 0.25) is 11.8 Å². The number of aryl methyl sites for hydroxylation is 1. The van der Waals surface area contributed by atoms with Gasteiger partial charge in [0.05, 0.1) is 10.6 Å². The van der Waals surface area contributed by atoms with Gasteiger partial charge in [0, 0.05) is 17.1 Å². The summed E-state index contributed by atoms with van der Waals surface area (Å²) in [5.74, 6) is -1.34. The van der Waals surface area contributed by atoms with Crippen LogP contribution in [0.15, 0.2) is 82.2 Å². The molecule has 0 aliphatic heterocycles. The van der Waals surface area contributed by atoms with Gasteiger partial charge in [-0.25, -0.2) is 12.8 Å². The lowest BCUT2D eigenvalue weighted by molar-refractivity contribution is -0.140. The Balaban J connectivity index is 2.05. The van der Waals surface area contributed by atoms with Crippen LogP contribution >= 0.6 is 15.9 Å². The average Bonchev–Trinajstić information content (AvgIpc) is 2.88. The Labute approximate surface area is 238 Å². The molecule has 1 unspecified atom stereocenters. The summed E-state index contributed by atoms with van der Waals surface area (Å²) in [4.78, 5) is 28.5. The number of halogens is 2. The second-order valence-electron chi connectivity index (χ2n) is 9.54. The van der Waals surface area contributed by atoms with Crippen molar-refractivity contribution < 1.29 is 22.4 Å². The fourth-order valence-electron chi connectivity index (χ4n) is 4.06. The van der Waals surface area contributed by atoms with Crippen LogP contribution in [0.5, 0.6) is 0 Å². The van der Waals surface area contributed by atoms with Crippen LogP contribution in [0.3, 0.4) is 0 Å². The summed E-state index contributed by atoms with van der Waals surface area (Å²) in [6.45, 7) is 6.74. The molecule has 3 aromatic carbocycles. The molecule has 0 aliphatic rings. The smallest absolute Gasteiger partial charge is 0.264 e. The summed E-state index contributed by atoms with van der Waals surface area (Å²) in [5.41, 5.74) is 1.80. The molecule has 3 aromatic rings. The van der Waals surface area contributed by atoms with Gasteiger partial charge in [-0.1, -0.05) is 52.7 Å². The maximum absolute atomic E-state index is 13.9. The highest BCUT2D eigenvalue weighted by Gasteiger charge is 2.33. The van der Waals surface area contributed by atoms with Crippen molar-refractivity contribution in [1.29, 1.82) is 0 Å². The summed E-state index contributed by atoms with van der Waals surface area (Å²) in [6, 6.07) is 17.6. The SMILES string of the molecule is CCC(C(=O)NC(C)C)N(Cc1ccc(F)cc1)C(=O)CN(c1ccc(Br)cc1)S(=O)(=O)c1ccc(C)cc1. The van der Waals surface area contributed by atoms with Gasteiger partial charge < -0.3 is 10.2 Å². The predicted molar refractivity (Wildman–Crippen MR) is 154 cm³/mol. The molecule has 0 bridgehead atoms. The number of rotatable bonds is 11. The van der Waals surface area contributed by atoms with Crippen molar-refractivity contribution in [1.82, 2.24) is 10.2 Å². The number of anilines is 1. The second kappa shape index (κ2) is 13.2. The third-order valence-corrected chi connectivity index (χ3v) is 8.40. The molecule has 1 atom stereocenters. The highest BCUT2D eigenvalue weighted by Crippen LogP contribution is 2.26. The maximum Gasteiger partial charge on any atom is 0.264 e. The lowest BCUT2D eigenvalue weighted by atomic mass is 10.1. The van der Waals surface area contributed by atoms with Gasteiger partial charge in [-0.2, -0.15) is 0 Å². The van der Waals surface area contributed by atoms with E-state index >= 15 is 0 Å². The first-order chi connectivity index (χ1) is 18.4. The second-order valence-corrected chi connectivity index (χ2v) is 12.3. The molecular weight excluding hydrogens is 585 g/mol. The Morgan fingerprint density at radius 1 is 0.949 bits per heavy atom. The van der Waals surface area contributed by atoms with Crippen LogP contribution in [0.1, 0.15) is 38.3 Å². The molecule has 1 N–H and O–H groups in total. The van der Waals surface area contributed by atoms with E-state index in [1.54, 1.807) is 43.3 Å². The highest BCUT2D eigenvalue weighted by atomic mass is 79.9. The minimum atomic E-state index is -4.14. The standard InChI is InChI=1S/C29H33BrFN3O4S/c1-5-27(29(36)32-20(2)3)33(18-22-8-12-24(31)13-9-22)28(35)19-34(25-14-10-23(30)11-15-25)39(37,38)26-16-6-21(4)7-17-26/h6-17,20,27H,5,18-19H2,1-4H3,(H,32,36). The molecule has 0 aliphatic carbocycles. The zero-order chi connectivity index (χ0) is 28.7. The summed E-state index contributed by atoms with van der Waals surface area (Å²) >= 11 is 3.36. The van der Waals surface area contributed by atoms with E-state index in [0.29, 0.717) is 17.7 Å². The Kier molecular flexibility index (Phi) is 10.3. The Hall–Kier alpha value is -3.24. The first-order valence-electron chi connectivity index (χ1n) is 12.6. The number of hydrogen-bond acceptors (Lipinski definition) is 4. The number of nitrogens with zero attached hydrogens (tertiary/aromatic N) is 2. The van der Waals surface area contributed by atoms with Crippen molar-refractivity contribution in [2.45, 2.75) is 57.6 Å². The van der Waals surface area contributed by atoms with Gasteiger partial charge in [0.15, 0.2) is 0 Å². The molecule has 0 radical (unpaired) electrons. The topological polar surface area (TPSA) is 86.8 Å². The summed E-state index contributed by atoms with van der Waals surface area (Å²) in [5, 5.41) is 2.85. The molecule has 208 valence electrons. The third-order valence-electron chi connectivity index (χ3n) is 6.09. The monoisotopic (exact) mass is 617 g/mol. The zero-order valence-electron chi connectivity index (χ0n) is 22.4. The van der Waals surface area contributed by atoms with Crippen LogP contribution in [-0.2, 0) is 26.2 Å². The first-order valence-corrected chi connectivity index (χ1v) is 14.8. The van der Waals surface area contributed by atoms with Crippen LogP contribution in [-0.4, -0.2) is 43.8 Å². The molecule has 2 amide bonds. The van der Waals surface area contributed by atoms with E-state index in [1.165, 1.54) is 41.3 Å². The predicted octanol–water partition coefficient (Wildman–Crippen LogP) is 5.42. The molecule has 39 heavy (non-hydrogen) atoms. The van der Waals surface area contributed by atoms with E-state index in [2.05, 4.69) is 21.2 Å². The normalized spacial score (nSPS) is 12.2. The fourth-order valence-corrected chi connectivity index (χ4v) is 5.74. The minimum absolute atomic E-state index is 0.00188. The molecular formula is C29H33BrFN3O4S. The number of carbonyl (C=O) groups excluding carboxylic acids is 2. The average molecular weight is 619 g/mol. The van der Waals surface area contributed by atoms with E-state index in [9.17, 15) is 22.4 Å². The fraction of sp³-hybridized carbons (Fsp3) is 0.310. The minimum Gasteiger partial charge on any atom is -0.352 e. The number of sulfonamides is 1. The van der Waals surface area contributed by atoms with E-state index in [4.69, 9.17) is 0 Å². The molecule has 0 spiro atoms. The maximum atomic E-state index is 13.9. The number of nitrogens with one attached hydrogen (secondary N) is 1. The van der Waals surface area contributed by atoms with Crippen molar-refractivity contribution in [3.63, 3.8) is 0 Å². The molecule has 0 heterocycles. The van der Waals surface area contributed by atoms with E-state index in [1.807, 2.05) is 20.8 Å². The summed E-state index contributed by atoms with van der Waals surface area (Å²) < 4.78 is 43.0. The van der Waals surface area contributed by atoms with Crippen molar-refractivity contribution in [2.75, 3.05) is 10.8 Å². The third kappa shape index (κ3) is 7.89. The lowest BCUT2D eigenvalue weighted by Gasteiger charge is -2.33. The first kappa shape index (κ1) is 30.3. The number of carbonyl (C=O) groups is 2. The van der Waals surface area contributed by atoms with Gasteiger partial charge in [-0.15, -0.1) is 0 Å². The molecule has 3 rings (SSSR count). The van der Waals surface area contributed by atoms with Crippen molar-refractivity contribution in [3.05, 3.63) is 94.2 Å². The molecule has 0 fully saturated rings. The van der Waals surface area contributed by atoms with E-state index in [0.717, 1.165) is 14.3 Å². The van der Waals surface area contributed by atoms with Crippen molar-refractivity contribution in [3.8, 4) is 0 Å². The number of hydrogen-bond donors (Lipinski definition) is 1.